The lowest BCUT2D eigenvalue weighted by atomic mass is 9.68. The third-order valence-electron chi connectivity index (χ3n) is 5.39. The largest absolute Gasteiger partial charge is 0.399 e. The fourth-order valence-electron chi connectivity index (χ4n) is 4.20. The fraction of sp³-hybridized carbons (Fsp3) is 0.389. The number of hydrogen-bond donors (Lipinski definition) is 2. The average molecular weight is 356 g/mol. The number of nitrogens with two attached hydrogens (primary N) is 1. The van der Waals surface area contributed by atoms with Crippen LogP contribution in [0.2, 0.25) is 0 Å². The van der Waals surface area contributed by atoms with E-state index in [0.717, 1.165) is 16.2 Å². The predicted molar refractivity (Wildman–Crippen MR) is 94.4 cm³/mol. The van der Waals surface area contributed by atoms with E-state index >= 15 is 0 Å². The molecule has 2 fully saturated rings. The van der Waals surface area contributed by atoms with Gasteiger partial charge in [-0.15, -0.1) is 6.58 Å². The quantitative estimate of drug-likeness (QED) is 0.448. The van der Waals surface area contributed by atoms with Crippen molar-refractivity contribution in [1.29, 1.82) is 0 Å². The van der Waals surface area contributed by atoms with Crippen LogP contribution in [0.15, 0.2) is 30.9 Å². The van der Waals surface area contributed by atoms with Crippen molar-refractivity contribution in [3.8, 4) is 0 Å². The lowest BCUT2D eigenvalue weighted by Crippen LogP contribution is -2.73. The van der Waals surface area contributed by atoms with Gasteiger partial charge in [0.2, 0.25) is 11.8 Å². The van der Waals surface area contributed by atoms with Gasteiger partial charge in [0.1, 0.15) is 0 Å². The zero-order valence-electron chi connectivity index (χ0n) is 14.2. The second kappa shape index (κ2) is 5.84. The van der Waals surface area contributed by atoms with Gasteiger partial charge in [0.05, 0.1) is 19.3 Å². The summed E-state index contributed by atoms with van der Waals surface area (Å²) in [4.78, 5) is 41.5. The lowest BCUT2D eigenvalue weighted by Gasteiger charge is -2.53. The maximum absolute atomic E-state index is 13.3. The molecule has 3 heterocycles. The summed E-state index contributed by atoms with van der Waals surface area (Å²) in [6, 6.07) is 4.30. The molecular weight excluding hydrogens is 336 g/mol. The van der Waals surface area contributed by atoms with E-state index in [1.165, 1.54) is 6.08 Å². The second-order valence-corrected chi connectivity index (χ2v) is 6.78. The summed E-state index contributed by atoms with van der Waals surface area (Å²) in [5.74, 6) is -1.10. The predicted octanol–water partition coefficient (Wildman–Crippen LogP) is 0.281. The summed E-state index contributed by atoms with van der Waals surface area (Å²) < 4.78 is 5.60. The highest BCUT2D eigenvalue weighted by Gasteiger charge is 2.62. The van der Waals surface area contributed by atoms with Crippen LogP contribution in [-0.2, 0) is 20.7 Å². The average Bonchev–Trinajstić information content (AvgIpc) is 2.63. The number of benzene rings is 1. The van der Waals surface area contributed by atoms with Crippen LogP contribution in [0, 0.1) is 5.41 Å². The van der Waals surface area contributed by atoms with E-state index in [9.17, 15) is 14.4 Å². The molecule has 1 spiro atoms. The number of nitrogens with zero attached hydrogens (tertiary/aromatic N) is 2. The number of nitrogen functional groups attached to an aromatic ring is 1. The number of morpholine rings is 1. The van der Waals surface area contributed by atoms with Crippen LogP contribution in [0.3, 0.4) is 0 Å². The normalized spacial score (nSPS) is 27.8. The van der Waals surface area contributed by atoms with Gasteiger partial charge in [-0.3, -0.25) is 19.8 Å². The van der Waals surface area contributed by atoms with Crippen molar-refractivity contribution in [2.24, 2.45) is 5.41 Å². The molecule has 0 saturated carbocycles. The molecule has 3 aliphatic heterocycles. The maximum atomic E-state index is 13.3. The Balaban J connectivity index is 1.88. The molecule has 8 heteroatoms. The van der Waals surface area contributed by atoms with Crippen molar-refractivity contribution in [1.82, 2.24) is 10.2 Å². The van der Waals surface area contributed by atoms with Crippen molar-refractivity contribution < 1.29 is 19.1 Å². The van der Waals surface area contributed by atoms with Gasteiger partial charge >= 0.3 is 6.03 Å². The minimum atomic E-state index is -1.43. The molecule has 3 aliphatic rings. The summed E-state index contributed by atoms with van der Waals surface area (Å²) in [5.41, 5.74) is 6.83. The van der Waals surface area contributed by atoms with Gasteiger partial charge in [0, 0.05) is 24.5 Å². The highest BCUT2D eigenvalue weighted by Crippen LogP contribution is 2.45. The molecule has 0 radical (unpaired) electrons. The van der Waals surface area contributed by atoms with Gasteiger partial charge in [-0.05, 0) is 30.2 Å². The maximum Gasteiger partial charge on any atom is 0.331 e. The Labute approximate surface area is 150 Å². The van der Waals surface area contributed by atoms with E-state index in [2.05, 4.69) is 11.9 Å². The number of carbonyl (C=O) groups is 3. The van der Waals surface area contributed by atoms with E-state index < -0.39 is 29.3 Å². The summed E-state index contributed by atoms with van der Waals surface area (Å²) in [7, 11) is 0. The summed E-state index contributed by atoms with van der Waals surface area (Å²) in [5, 5.41) is 2.35. The number of barbiturate groups is 1. The van der Waals surface area contributed by atoms with Crippen LogP contribution in [0.1, 0.15) is 5.56 Å². The Morgan fingerprint density at radius 3 is 2.96 bits per heavy atom. The lowest BCUT2D eigenvalue weighted by molar-refractivity contribution is -0.155. The molecule has 2 saturated heterocycles. The monoisotopic (exact) mass is 356 g/mol. The van der Waals surface area contributed by atoms with Crippen LogP contribution in [0.5, 0.6) is 0 Å². The first kappa shape index (κ1) is 16.6. The minimum Gasteiger partial charge on any atom is -0.399 e. The molecule has 26 heavy (non-hydrogen) atoms. The van der Waals surface area contributed by atoms with Gasteiger partial charge < -0.3 is 15.4 Å². The number of ether oxygens (including phenoxy) is 1. The first-order chi connectivity index (χ1) is 12.5. The highest BCUT2D eigenvalue weighted by molar-refractivity contribution is 6.20. The number of nitrogens with one attached hydrogen (secondary N) is 1. The topological polar surface area (TPSA) is 105 Å². The van der Waals surface area contributed by atoms with E-state index in [0.29, 0.717) is 18.8 Å². The second-order valence-electron chi connectivity index (χ2n) is 6.78. The number of urea groups is 1. The Morgan fingerprint density at radius 1 is 1.38 bits per heavy atom. The molecular formula is C18H20N4O4. The summed E-state index contributed by atoms with van der Waals surface area (Å²) >= 11 is 0. The Morgan fingerprint density at radius 2 is 2.19 bits per heavy atom. The smallest absolute Gasteiger partial charge is 0.331 e. The van der Waals surface area contributed by atoms with Crippen LogP contribution in [0.4, 0.5) is 16.2 Å². The minimum absolute atomic E-state index is 0.0387. The molecule has 2 atom stereocenters. The SMILES string of the molecule is C=CCN1C(=O)NC(=O)[C@]2(Cc3cc(N)ccc3N3CCOC[C@H]32)C1=O. The number of amides is 4. The van der Waals surface area contributed by atoms with Crippen molar-refractivity contribution in [3.63, 3.8) is 0 Å². The van der Waals surface area contributed by atoms with E-state index in [1.807, 2.05) is 11.0 Å². The summed E-state index contributed by atoms with van der Waals surface area (Å²) in [6.07, 6.45) is 1.63. The van der Waals surface area contributed by atoms with Crippen LogP contribution in [0.25, 0.3) is 0 Å². The van der Waals surface area contributed by atoms with Gasteiger partial charge in [-0.1, -0.05) is 6.08 Å². The van der Waals surface area contributed by atoms with E-state index in [4.69, 9.17) is 10.5 Å². The van der Waals surface area contributed by atoms with Gasteiger partial charge in [-0.25, -0.2) is 4.79 Å². The Bertz CT molecular complexity index is 823. The van der Waals surface area contributed by atoms with Gasteiger partial charge in [0.25, 0.3) is 0 Å². The molecule has 3 N–H and O–H groups in total. The number of hydrogen-bond acceptors (Lipinski definition) is 6. The molecule has 4 amide bonds. The number of fused-ring (bicyclic) bond motifs is 4. The summed E-state index contributed by atoms with van der Waals surface area (Å²) in [6.45, 7) is 4.93. The molecule has 0 aromatic heterocycles. The number of anilines is 2. The van der Waals surface area contributed by atoms with Crippen molar-refractivity contribution in [2.75, 3.05) is 36.9 Å². The molecule has 4 rings (SSSR count). The number of rotatable bonds is 2. The third-order valence-corrected chi connectivity index (χ3v) is 5.39. The molecule has 136 valence electrons. The number of carbonyl (C=O) groups excluding carboxylic acids is 3. The first-order valence-corrected chi connectivity index (χ1v) is 8.50. The fourth-order valence-corrected chi connectivity index (χ4v) is 4.20. The zero-order chi connectivity index (χ0) is 18.5. The highest BCUT2D eigenvalue weighted by atomic mass is 16.5. The van der Waals surface area contributed by atoms with Crippen molar-refractivity contribution >= 4 is 29.2 Å². The van der Waals surface area contributed by atoms with Gasteiger partial charge in [-0.2, -0.15) is 0 Å². The van der Waals surface area contributed by atoms with Crippen LogP contribution >= 0.6 is 0 Å². The van der Waals surface area contributed by atoms with E-state index in [-0.39, 0.29) is 19.6 Å². The standard InChI is InChI=1S/C18H20N4O4/c1-2-5-22-16(24)18(15(23)20-17(22)25)9-11-8-12(19)3-4-13(11)21-6-7-26-10-14(18)21/h2-4,8,14H,1,5-7,9-10,19H2,(H,20,23,25)/t14-,18+/m0/s1. The molecule has 8 nitrogen and oxygen atoms in total. The Kier molecular flexibility index (Phi) is 3.73. The van der Waals surface area contributed by atoms with Crippen molar-refractivity contribution in [2.45, 2.75) is 12.5 Å². The zero-order valence-corrected chi connectivity index (χ0v) is 14.2. The third kappa shape index (κ3) is 2.15. The molecule has 1 aromatic carbocycles. The van der Waals surface area contributed by atoms with Gasteiger partial charge in [0.15, 0.2) is 5.41 Å². The Hall–Kier alpha value is -2.87. The first-order valence-electron chi connectivity index (χ1n) is 8.50. The molecule has 0 aliphatic carbocycles. The molecule has 0 unspecified atom stereocenters. The van der Waals surface area contributed by atoms with Crippen LogP contribution in [-0.4, -0.2) is 55.1 Å². The molecule has 0 bridgehead atoms. The van der Waals surface area contributed by atoms with Crippen molar-refractivity contribution in [3.05, 3.63) is 36.4 Å². The van der Waals surface area contributed by atoms with E-state index in [1.54, 1.807) is 12.1 Å². The van der Waals surface area contributed by atoms with Crippen LogP contribution < -0.4 is 16.0 Å². The molecule has 1 aromatic rings. The number of imide groups is 2.